The van der Waals surface area contributed by atoms with Crippen LogP contribution in [0.1, 0.15) is 27.2 Å². The first-order chi connectivity index (χ1) is 14.3. The van der Waals surface area contributed by atoms with Crippen LogP contribution in [0.25, 0.3) is 0 Å². The van der Waals surface area contributed by atoms with E-state index in [4.69, 9.17) is 27.9 Å². The molecule has 0 saturated carbocycles. The first kappa shape index (κ1) is 20.5. The Morgan fingerprint density at radius 2 is 1.37 bits per heavy atom. The number of fused-ring (bicyclic) bond motifs is 1. The van der Waals surface area contributed by atoms with Crippen molar-refractivity contribution >= 4 is 40.5 Å². The number of hydrogen-bond donors (Lipinski definition) is 0. The standard InChI is InChI=1S/C23H21Cl2N3O2/c1-27(2)14-7-9-16(19(24)12-14)23(17-10-8-15(28(3)4)13-20(17)25)18-6-5-11-26-21(18)22(29)30-23/h5-13H,1-4H3. The summed E-state index contributed by atoms with van der Waals surface area (Å²) in [4.78, 5) is 21.0. The van der Waals surface area contributed by atoms with Gasteiger partial charge in [-0.1, -0.05) is 41.4 Å². The lowest BCUT2D eigenvalue weighted by Crippen LogP contribution is -2.30. The number of cyclic esters (lactones) is 1. The maximum Gasteiger partial charge on any atom is 0.358 e. The van der Waals surface area contributed by atoms with Gasteiger partial charge in [0.05, 0.1) is 10.0 Å². The molecule has 154 valence electrons. The van der Waals surface area contributed by atoms with Crippen LogP contribution in [0.15, 0.2) is 54.7 Å². The fraction of sp³-hybridized carbons (Fsp3) is 0.217. The number of carbonyl (C=O) groups is 1. The number of hydrogen-bond acceptors (Lipinski definition) is 5. The van der Waals surface area contributed by atoms with E-state index in [-0.39, 0.29) is 5.69 Å². The van der Waals surface area contributed by atoms with Crippen LogP contribution in [0, 0.1) is 0 Å². The van der Waals surface area contributed by atoms with Crippen molar-refractivity contribution in [3.05, 3.63) is 87.2 Å². The van der Waals surface area contributed by atoms with Crippen molar-refractivity contribution in [1.29, 1.82) is 0 Å². The zero-order chi connectivity index (χ0) is 21.6. The fourth-order valence-corrected chi connectivity index (χ4v) is 4.39. The first-order valence-corrected chi connectivity index (χ1v) is 10.1. The second-order valence-corrected chi connectivity index (χ2v) is 8.40. The first-order valence-electron chi connectivity index (χ1n) is 9.39. The van der Waals surface area contributed by atoms with E-state index in [1.807, 2.05) is 80.5 Å². The van der Waals surface area contributed by atoms with Crippen molar-refractivity contribution in [3.8, 4) is 0 Å². The van der Waals surface area contributed by atoms with Gasteiger partial charge in [-0.25, -0.2) is 9.78 Å². The van der Waals surface area contributed by atoms with Crippen LogP contribution in [0.4, 0.5) is 11.4 Å². The average Bonchev–Trinajstić information content (AvgIpc) is 3.01. The lowest BCUT2D eigenvalue weighted by Gasteiger charge is -2.32. The molecule has 7 heteroatoms. The summed E-state index contributed by atoms with van der Waals surface area (Å²) in [5.41, 5.74) is 2.73. The number of nitrogens with zero attached hydrogens (tertiary/aromatic N) is 3. The second kappa shape index (κ2) is 7.49. The normalized spacial score (nSPS) is 14.3. The zero-order valence-corrected chi connectivity index (χ0v) is 18.6. The smallest absolute Gasteiger partial charge is 0.358 e. The molecule has 1 aromatic heterocycles. The topological polar surface area (TPSA) is 45.7 Å². The number of benzene rings is 2. The highest BCUT2D eigenvalue weighted by atomic mass is 35.5. The number of carbonyl (C=O) groups excluding carboxylic acids is 1. The molecule has 2 aromatic carbocycles. The van der Waals surface area contributed by atoms with E-state index in [0.29, 0.717) is 26.7 Å². The minimum Gasteiger partial charge on any atom is -0.439 e. The Kier molecular flexibility index (Phi) is 5.12. The largest absolute Gasteiger partial charge is 0.439 e. The van der Waals surface area contributed by atoms with Gasteiger partial charge in [0.25, 0.3) is 0 Å². The summed E-state index contributed by atoms with van der Waals surface area (Å²) in [5.74, 6) is -0.508. The molecule has 0 N–H and O–H groups in total. The summed E-state index contributed by atoms with van der Waals surface area (Å²) in [5, 5.41) is 0.942. The summed E-state index contributed by atoms with van der Waals surface area (Å²) in [6.07, 6.45) is 1.57. The summed E-state index contributed by atoms with van der Waals surface area (Å²) in [6.45, 7) is 0. The zero-order valence-electron chi connectivity index (χ0n) is 17.1. The Labute approximate surface area is 185 Å². The third-order valence-corrected chi connectivity index (χ3v) is 5.95. The van der Waals surface area contributed by atoms with Gasteiger partial charge in [0.1, 0.15) is 0 Å². The second-order valence-electron chi connectivity index (χ2n) is 7.59. The number of ether oxygens (including phenoxy) is 1. The summed E-state index contributed by atoms with van der Waals surface area (Å²) in [6, 6.07) is 14.9. The van der Waals surface area contributed by atoms with E-state index in [1.165, 1.54) is 0 Å². The van der Waals surface area contributed by atoms with Crippen molar-refractivity contribution in [2.75, 3.05) is 38.0 Å². The summed E-state index contributed by atoms with van der Waals surface area (Å²) in [7, 11) is 7.75. The highest BCUT2D eigenvalue weighted by Gasteiger charge is 2.51. The minimum absolute atomic E-state index is 0.262. The number of pyridine rings is 1. The monoisotopic (exact) mass is 441 g/mol. The van der Waals surface area contributed by atoms with Crippen LogP contribution >= 0.6 is 23.2 Å². The summed E-state index contributed by atoms with van der Waals surface area (Å²) >= 11 is 13.5. The van der Waals surface area contributed by atoms with E-state index < -0.39 is 11.6 Å². The Hall–Kier alpha value is -2.76. The van der Waals surface area contributed by atoms with Gasteiger partial charge in [-0.15, -0.1) is 0 Å². The number of rotatable bonds is 4. The van der Waals surface area contributed by atoms with Crippen LogP contribution in [-0.4, -0.2) is 39.1 Å². The number of esters is 1. The SMILES string of the molecule is CN(C)c1ccc(C2(c3ccc(N(C)C)cc3Cl)OC(=O)c3ncccc32)c(Cl)c1. The van der Waals surface area contributed by atoms with Crippen molar-refractivity contribution < 1.29 is 9.53 Å². The van der Waals surface area contributed by atoms with Crippen LogP contribution in [0.3, 0.4) is 0 Å². The van der Waals surface area contributed by atoms with Crippen molar-refractivity contribution in [3.63, 3.8) is 0 Å². The molecule has 0 saturated heterocycles. The van der Waals surface area contributed by atoms with Crippen molar-refractivity contribution in [2.45, 2.75) is 5.60 Å². The quantitative estimate of drug-likeness (QED) is 0.534. The lowest BCUT2D eigenvalue weighted by atomic mass is 9.80. The molecule has 0 unspecified atom stereocenters. The molecule has 0 spiro atoms. The van der Waals surface area contributed by atoms with Gasteiger partial charge in [-0.05, 0) is 30.3 Å². The molecule has 1 aliphatic rings. The van der Waals surface area contributed by atoms with Crippen LogP contribution < -0.4 is 9.80 Å². The van der Waals surface area contributed by atoms with Crippen molar-refractivity contribution in [2.24, 2.45) is 0 Å². The molecule has 0 radical (unpaired) electrons. The van der Waals surface area contributed by atoms with Gasteiger partial charge in [0, 0.05) is 62.5 Å². The highest BCUT2D eigenvalue weighted by molar-refractivity contribution is 6.33. The fourth-order valence-electron chi connectivity index (χ4n) is 3.78. The minimum atomic E-state index is -1.29. The molecule has 0 aliphatic carbocycles. The van der Waals surface area contributed by atoms with E-state index in [2.05, 4.69) is 4.98 Å². The predicted molar refractivity (Wildman–Crippen MR) is 121 cm³/mol. The van der Waals surface area contributed by atoms with Gasteiger partial charge in [0.2, 0.25) is 0 Å². The molecule has 5 nitrogen and oxygen atoms in total. The maximum absolute atomic E-state index is 12.8. The number of halogens is 2. The lowest BCUT2D eigenvalue weighted by molar-refractivity contribution is 0.0249. The van der Waals surface area contributed by atoms with Gasteiger partial charge >= 0.3 is 5.97 Å². The number of aromatic nitrogens is 1. The molecular weight excluding hydrogens is 421 g/mol. The predicted octanol–water partition coefficient (Wildman–Crippen LogP) is 4.98. The molecule has 30 heavy (non-hydrogen) atoms. The van der Waals surface area contributed by atoms with Crippen LogP contribution in [0.5, 0.6) is 0 Å². The van der Waals surface area contributed by atoms with Crippen LogP contribution in [-0.2, 0) is 10.3 Å². The van der Waals surface area contributed by atoms with Gasteiger partial charge in [0.15, 0.2) is 11.3 Å². The third kappa shape index (κ3) is 3.09. The van der Waals surface area contributed by atoms with Gasteiger partial charge in [-0.2, -0.15) is 0 Å². The average molecular weight is 442 g/mol. The molecule has 0 amide bonds. The Bertz CT molecular complexity index is 1090. The Morgan fingerprint density at radius 3 is 1.83 bits per heavy atom. The van der Waals surface area contributed by atoms with Crippen molar-refractivity contribution in [1.82, 2.24) is 4.98 Å². The van der Waals surface area contributed by atoms with Gasteiger partial charge < -0.3 is 14.5 Å². The van der Waals surface area contributed by atoms with E-state index in [1.54, 1.807) is 12.3 Å². The van der Waals surface area contributed by atoms with Crippen LogP contribution in [0.2, 0.25) is 10.0 Å². The maximum atomic E-state index is 12.8. The van der Waals surface area contributed by atoms with E-state index >= 15 is 0 Å². The van der Waals surface area contributed by atoms with E-state index in [9.17, 15) is 4.79 Å². The molecular formula is C23H21Cl2N3O2. The van der Waals surface area contributed by atoms with E-state index in [0.717, 1.165) is 11.4 Å². The summed E-state index contributed by atoms with van der Waals surface area (Å²) < 4.78 is 6.06. The molecule has 0 fully saturated rings. The highest BCUT2D eigenvalue weighted by Crippen LogP contribution is 2.51. The molecule has 0 bridgehead atoms. The Balaban J connectivity index is 2.03. The molecule has 2 heterocycles. The third-order valence-electron chi connectivity index (χ3n) is 5.32. The molecule has 1 aliphatic heterocycles. The number of anilines is 2. The van der Waals surface area contributed by atoms with Gasteiger partial charge in [-0.3, -0.25) is 0 Å². The Morgan fingerprint density at radius 1 is 0.833 bits per heavy atom. The molecule has 4 rings (SSSR count). The molecule has 3 aromatic rings. The molecule has 0 atom stereocenters.